The van der Waals surface area contributed by atoms with E-state index in [9.17, 15) is 18.5 Å². The molecule has 4 aromatic rings. The Hall–Kier alpha value is -3.85. The van der Waals surface area contributed by atoms with Gasteiger partial charge in [-0.05, 0) is 62.4 Å². The van der Waals surface area contributed by atoms with Crippen molar-refractivity contribution in [1.82, 2.24) is 10.1 Å². The van der Waals surface area contributed by atoms with Crippen LogP contribution in [0, 0.1) is 18.3 Å². The third-order valence-corrected chi connectivity index (χ3v) is 7.80. The first-order valence-corrected chi connectivity index (χ1v) is 13.6. The summed E-state index contributed by atoms with van der Waals surface area (Å²) in [7, 11) is -3.87. The number of anilines is 2. The Morgan fingerprint density at radius 1 is 1.11 bits per heavy atom. The Morgan fingerprint density at radius 2 is 1.81 bits per heavy atom. The average molecular weight is 554 g/mol. The number of halogens is 1. The monoisotopic (exact) mass is 553 g/mol. The molecule has 9 nitrogen and oxygen atoms in total. The van der Waals surface area contributed by atoms with Gasteiger partial charge in [-0.1, -0.05) is 40.7 Å². The van der Waals surface area contributed by atoms with Crippen LogP contribution in [0.4, 0.5) is 11.5 Å². The molecule has 37 heavy (non-hydrogen) atoms. The molecule has 1 unspecified atom stereocenters. The summed E-state index contributed by atoms with van der Waals surface area (Å²) in [5.74, 6) is 0.210. The predicted molar refractivity (Wildman–Crippen MR) is 142 cm³/mol. The average Bonchev–Trinajstić information content (AvgIpc) is 3.28. The zero-order valence-corrected chi connectivity index (χ0v) is 22.0. The largest absolute Gasteiger partial charge is 0.360 e. The summed E-state index contributed by atoms with van der Waals surface area (Å²) in [5.41, 5.74) is 2.25. The lowest BCUT2D eigenvalue weighted by molar-refractivity contribution is -0.115. The summed E-state index contributed by atoms with van der Waals surface area (Å²) >= 11 is 7.11. The molecule has 188 valence electrons. The first kappa shape index (κ1) is 26.2. The van der Waals surface area contributed by atoms with Crippen molar-refractivity contribution in [3.63, 3.8) is 0 Å². The van der Waals surface area contributed by atoms with E-state index in [4.69, 9.17) is 16.1 Å². The molecule has 1 atom stereocenters. The summed E-state index contributed by atoms with van der Waals surface area (Å²) in [6.07, 6.45) is 0. The van der Waals surface area contributed by atoms with E-state index in [1.807, 2.05) is 12.1 Å². The van der Waals surface area contributed by atoms with Gasteiger partial charge in [-0.3, -0.25) is 9.52 Å². The van der Waals surface area contributed by atoms with Crippen molar-refractivity contribution in [2.45, 2.75) is 29.0 Å². The van der Waals surface area contributed by atoms with E-state index in [0.717, 1.165) is 17.3 Å². The number of nitrogens with one attached hydrogen (secondary N) is 2. The molecule has 0 aliphatic rings. The summed E-state index contributed by atoms with van der Waals surface area (Å²) in [4.78, 5) is 17.4. The maximum Gasteiger partial charge on any atom is 0.263 e. The van der Waals surface area contributed by atoms with E-state index < -0.39 is 15.3 Å². The van der Waals surface area contributed by atoms with Gasteiger partial charge in [-0.2, -0.15) is 5.26 Å². The lowest BCUT2D eigenvalue weighted by Crippen LogP contribution is -2.22. The number of carbonyl (C=O) groups is 1. The molecular formula is C25H20ClN5O4S2. The van der Waals surface area contributed by atoms with Crippen molar-refractivity contribution < 1.29 is 17.7 Å². The van der Waals surface area contributed by atoms with Gasteiger partial charge in [0.2, 0.25) is 5.91 Å². The smallest absolute Gasteiger partial charge is 0.263 e. The highest BCUT2D eigenvalue weighted by atomic mass is 35.5. The van der Waals surface area contributed by atoms with Gasteiger partial charge in [-0.15, -0.1) is 0 Å². The number of rotatable bonds is 8. The van der Waals surface area contributed by atoms with Gasteiger partial charge in [0.1, 0.15) is 16.9 Å². The second-order valence-corrected chi connectivity index (χ2v) is 11.3. The standard InChI is InChI=1S/C25H20ClN5O4S2/c1-15-13-23(30-35-15)31-37(33,34)21-10-8-20(9-11-21)28-24(32)16(2)36-25-18(14-27)5-12-22(29-25)17-3-6-19(26)7-4-17/h3-13,16H,1-2H3,(H,28,32)(H,30,31). The first-order valence-electron chi connectivity index (χ1n) is 10.9. The minimum Gasteiger partial charge on any atom is -0.360 e. The Labute approximate surface area is 222 Å². The van der Waals surface area contributed by atoms with Gasteiger partial charge < -0.3 is 9.84 Å². The first-order chi connectivity index (χ1) is 17.6. The second-order valence-electron chi connectivity index (χ2n) is 7.87. The van der Waals surface area contributed by atoms with Crippen LogP contribution in [0.25, 0.3) is 11.3 Å². The van der Waals surface area contributed by atoms with Crippen LogP contribution in [0.5, 0.6) is 0 Å². The van der Waals surface area contributed by atoms with E-state index in [1.165, 1.54) is 30.3 Å². The SMILES string of the molecule is Cc1cc(NS(=O)(=O)c2ccc(NC(=O)C(C)Sc3nc(-c4ccc(Cl)cc4)ccc3C#N)cc2)no1. The van der Waals surface area contributed by atoms with E-state index in [0.29, 0.717) is 32.8 Å². The normalized spacial score (nSPS) is 11.9. The Bertz CT molecular complexity index is 1580. The number of sulfonamides is 1. The molecule has 0 aliphatic heterocycles. The van der Waals surface area contributed by atoms with Crippen LogP contribution in [0.1, 0.15) is 18.2 Å². The topological polar surface area (TPSA) is 138 Å². The molecule has 0 spiro atoms. The number of aromatic nitrogens is 2. The number of amides is 1. The zero-order valence-electron chi connectivity index (χ0n) is 19.6. The second kappa shape index (κ2) is 11.0. The highest BCUT2D eigenvalue weighted by Gasteiger charge is 2.20. The Kier molecular flexibility index (Phi) is 7.83. The number of hydrogen-bond acceptors (Lipinski definition) is 8. The van der Waals surface area contributed by atoms with Crippen molar-refractivity contribution in [2.75, 3.05) is 10.0 Å². The molecule has 2 heterocycles. The third kappa shape index (κ3) is 6.48. The zero-order chi connectivity index (χ0) is 26.6. The number of hydrogen-bond donors (Lipinski definition) is 2. The number of aryl methyl sites for hydroxylation is 1. The minimum atomic E-state index is -3.87. The molecule has 0 aliphatic carbocycles. The molecule has 0 fully saturated rings. The van der Waals surface area contributed by atoms with Gasteiger partial charge in [0.15, 0.2) is 5.82 Å². The number of carbonyl (C=O) groups excluding carboxylic acids is 1. The fourth-order valence-electron chi connectivity index (χ4n) is 3.19. The number of pyridine rings is 1. The maximum atomic E-state index is 12.8. The number of nitriles is 1. The van der Waals surface area contributed by atoms with Crippen molar-refractivity contribution in [3.05, 3.63) is 83.1 Å². The summed E-state index contributed by atoms with van der Waals surface area (Å²) in [5, 5.41) is 16.3. The Balaban J connectivity index is 1.44. The molecule has 0 bridgehead atoms. The fraction of sp³-hybridized carbons (Fsp3) is 0.120. The van der Waals surface area contributed by atoms with E-state index in [1.54, 1.807) is 38.1 Å². The van der Waals surface area contributed by atoms with Gasteiger partial charge in [0.05, 0.1) is 21.4 Å². The van der Waals surface area contributed by atoms with Crippen LogP contribution in [0.15, 0.2) is 81.2 Å². The van der Waals surface area contributed by atoms with E-state index >= 15 is 0 Å². The molecule has 1 amide bonds. The van der Waals surface area contributed by atoms with Gasteiger partial charge in [-0.25, -0.2) is 13.4 Å². The van der Waals surface area contributed by atoms with Crippen LogP contribution in [-0.2, 0) is 14.8 Å². The molecule has 4 rings (SSSR count). The molecule has 2 aromatic carbocycles. The highest BCUT2D eigenvalue weighted by Crippen LogP contribution is 2.29. The molecule has 0 saturated heterocycles. The summed E-state index contributed by atoms with van der Waals surface area (Å²) < 4.78 is 32.3. The quantitative estimate of drug-likeness (QED) is 0.273. The van der Waals surface area contributed by atoms with Crippen molar-refractivity contribution in [3.8, 4) is 17.3 Å². The van der Waals surface area contributed by atoms with Crippen molar-refractivity contribution in [1.29, 1.82) is 5.26 Å². The highest BCUT2D eigenvalue weighted by molar-refractivity contribution is 8.00. The summed E-state index contributed by atoms with van der Waals surface area (Å²) in [6, 6.07) is 19.8. The van der Waals surface area contributed by atoms with Crippen LogP contribution in [0.2, 0.25) is 5.02 Å². The van der Waals surface area contributed by atoms with Gasteiger partial charge >= 0.3 is 0 Å². The van der Waals surface area contributed by atoms with Gasteiger partial charge in [0, 0.05) is 22.3 Å². The predicted octanol–water partition coefficient (Wildman–Crippen LogP) is 5.49. The minimum absolute atomic E-state index is 0.00421. The molecule has 0 saturated carbocycles. The van der Waals surface area contributed by atoms with Crippen LogP contribution in [0.3, 0.4) is 0 Å². The summed E-state index contributed by atoms with van der Waals surface area (Å²) in [6.45, 7) is 3.34. The number of thioether (sulfide) groups is 1. The van der Waals surface area contributed by atoms with Crippen LogP contribution < -0.4 is 10.0 Å². The molecule has 2 aromatic heterocycles. The van der Waals surface area contributed by atoms with Crippen LogP contribution >= 0.6 is 23.4 Å². The molecule has 12 heteroatoms. The van der Waals surface area contributed by atoms with Crippen LogP contribution in [-0.4, -0.2) is 29.7 Å². The Morgan fingerprint density at radius 3 is 2.43 bits per heavy atom. The molecular weight excluding hydrogens is 534 g/mol. The van der Waals surface area contributed by atoms with Gasteiger partial charge in [0.25, 0.3) is 10.0 Å². The van der Waals surface area contributed by atoms with E-state index in [2.05, 4.69) is 26.2 Å². The van der Waals surface area contributed by atoms with E-state index in [-0.39, 0.29) is 16.6 Å². The lowest BCUT2D eigenvalue weighted by atomic mass is 10.1. The number of benzene rings is 2. The third-order valence-electron chi connectivity index (χ3n) is 5.08. The molecule has 2 N–H and O–H groups in total. The van der Waals surface area contributed by atoms with Crippen molar-refractivity contribution >= 4 is 50.8 Å². The lowest BCUT2D eigenvalue weighted by Gasteiger charge is -2.13. The number of nitrogens with zero attached hydrogens (tertiary/aromatic N) is 3. The van der Waals surface area contributed by atoms with Crippen molar-refractivity contribution in [2.24, 2.45) is 0 Å². The fourth-order valence-corrected chi connectivity index (χ4v) is 5.19. The maximum absolute atomic E-state index is 12.8. The molecule has 0 radical (unpaired) electrons.